The van der Waals surface area contributed by atoms with E-state index in [1.54, 1.807) is 4.98 Å². The Morgan fingerprint density at radius 1 is 1.47 bits per heavy atom. The Kier molecular flexibility index (Phi) is 3.20. The number of carboxylic acids is 1. The Labute approximate surface area is 102 Å². The highest BCUT2D eigenvalue weighted by molar-refractivity contribution is 5.73. The second-order valence-electron chi connectivity index (χ2n) is 3.86. The summed E-state index contributed by atoms with van der Waals surface area (Å²) in [7, 11) is 0. The number of aliphatic hydroxyl groups is 1. The van der Waals surface area contributed by atoms with Gasteiger partial charge in [0.1, 0.15) is 6.10 Å². The van der Waals surface area contributed by atoms with Gasteiger partial charge >= 0.3 is 11.7 Å². The van der Waals surface area contributed by atoms with Crippen LogP contribution in [0, 0.1) is 5.82 Å². The number of carbonyl (C=O) groups is 1. The summed E-state index contributed by atoms with van der Waals surface area (Å²) in [6, 6.07) is 0. The Morgan fingerprint density at radius 3 is 2.63 bits per heavy atom. The SMILES string of the molecule is O=C(O)[C@H]1O[C@@H](n2cc(F)c(=O)[nH]c2=O)[C@@H](F)[C@@H]1O. The highest BCUT2D eigenvalue weighted by Crippen LogP contribution is 2.30. The van der Waals surface area contributed by atoms with E-state index in [4.69, 9.17) is 5.11 Å². The van der Waals surface area contributed by atoms with Gasteiger partial charge < -0.3 is 14.9 Å². The average molecular weight is 278 g/mol. The third kappa shape index (κ3) is 2.15. The molecule has 0 aromatic carbocycles. The van der Waals surface area contributed by atoms with Crippen LogP contribution in [0.25, 0.3) is 0 Å². The predicted molar refractivity (Wildman–Crippen MR) is 53.7 cm³/mol. The van der Waals surface area contributed by atoms with Gasteiger partial charge in [0.15, 0.2) is 18.5 Å². The Morgan fingerprint density at radius 2 is 2.11 bits per heavy atom. The number of nitrogens with one attached hydrogen (secondary N) is 1. The molecule has 8 nitrogen and oxygen atoms in total. The molecule has 1 aromatic heterocycles. The lowest BCUT2D eigenvalue weighted by Crippen LogP contribution is -2.37. The molecule has 104 valence electrons. The summed E-state index contributed by atoms with van der Waals surface area (Å²) in [4.78, 5) is 34.4. The molecular formula is C9H8F2N2O6. The number of rotatable bonds is 2. The number of hydrogen-bond donors (Lipinski definition) is 3. The standard InChI is InChI=1S/C9H8F2N2O6/c10-2-1-13(9(18)12-6(2)15)7-3(11)4(14)5(19-7)8(16)17/h1,3-5,7,14H,(H,16,17)(H,12,15,18)/t3-,4-,5-,7+/m0/s1. The molecule has 0 spiro atoms. The molecule has 1 saturated heterocycles. The van der Waals surface area contributed by atoms with Gasteiger partial charge in [-0.25, -0.2) is 14.0 Å². The number of halogens is 2. The van der Waals surface area contributed by atoms with Gasteiger partial charge in [0.05, 0.1) is 6.20 Å². The van der Waals surface area contributed by atoms with Crippen LogP contribution in [-0.2, 0) is 9.53 Å². The van der Waals surface area contributed by atoms with E-state index in [1.807, 2.05) is 0 Å². The van der Waals surface area contributed by atoms with Crippen molar-refractivity contribution in [3.05, 3.63) is 32.9 Å². The third-order valence-electron chi connectivity index (χ3n) is 2.64. The molecule has 0 saturated carbocycles. The lowest BCUT2D eigenvalue weighted by molar-refractivity contribution is -0.155. The lowest BCUT2D eigenvalue weighted by atomic mass is 10.1. The van der Waals surface area contributed by atoms with Gasteiger partial charge in [0.2, 0.25) is 5.82 Å². The highest BCUT2D eigenvalue weighted by atomic mass is 19.1. The lowest BCUT2D eigenvalue weighted by Gasteiger charge is -2.15. The second kappa shape index (κ2) is 4.55. The van der Waals surface area contributed by atoms with Crippen molar-refractivity contribution in [2.75, 3.05) is 0 Å². The zero-order valence-corrected chi connectivity index (χ0v) is 9.12. The van der Waals surface area contributed by atoms with E-state index in [2.05, 4.69) is 4.74 Å². The van der Waals surface area contributed by atoms with Crippen molar-refractivity contribution in [3.8, 4) is 0 Å². The van der Waals surface area contributed by atoms with E-state index < -0.39 is 47.6 Å². The summed E-state index contributed by atoms with van der Waals surface area (Å²) in [6.07, 6.45) is -7.61. The molecule has 1 fully saturated rings. The van der Waals surface area contributed by atoms with E-state index in [0.29, 0.717) is 10.8 Å². The van der Waals surface area contributed by atoms with Crippen molar-refractivity contribution in [2.45, 2.75) is 24.6 Å². The third-order valence-corrected chi connectivity index (χ3v) is 2.64. The van der Waals surface area contributed by atoms with E-state index in [1.165, 1.54) is 0 Å². The minimum Gasteiger partial charge on any atom is -0.479 e. The van der Waals surface area contributed by atoms with E-state index >= 15 is 0 Å². The fraction of sp³-hybridized carbons (Fsp3) is 0.444. The van der Waals surface area contributed by atoms with Crippen LogP contribution in [0.15, 0.2) is 15.8 Å². The number of aliphatic hydroxyl groups excluding tert-OH is 1. The maximum Gasteiger partial charge on any atom is 0.335 e. The fourth-order valence-electron chi connectivity index (χ4n) is 1.71. The summed E-state index contributed by atoms with van der Waals surface area (Å²) >= 11 is 0. The van der Waals surface area contributed by atoms with E-state index in [9.17, 15) is 28.3 Å². The van der Waals surface area contributed by atoms with E-state index in [-0.39, 0.29) is 0 Å². The number of ether oxygens (including phenoxy) is 1. The first-order valence-electron chi connectivity index (χ1n) is 5.04. The largest absolute Gasteiger partial charge is 0.479 e. The van der Waals surface area contributed by atoms with Crippen LogP contribution in [0.1, 0.15) is 6.23 Å². The van der Waals surface area contributed by atoms with Crippen molar-refractivity contribution in [3.63, 3.8) is 0 Å². The van der Waals surface area contributed by atoms with Gasteiger partial charge in [-0.3, -0.25) is 14.3 Å². The molecular weight excluding hydrogens is 270 g/mol. The number of carboxylic acid groups (broad SMARTS) is 1. The minimum atomic E-state index is -2.26. The summed E-state index contributed by atoms with van der Waals surface area (Å²) in [5.74, 6) is -3.00. The van der Waals surface area contributed by atoms with Crippen LogP contribution in [0.3, 0.4) is 0 Å². The van der Waals surface area contributed by atoms with Crippen LogP contribution in [-0.4, -0.2) is 44.1 Å². The molecule has 0 amide bonds. The van der Waals surface area contributed by atoms with Gasteiger partial charge in [0, 0.05) is 0 Å². The maximum absolute atomic E-state index is 13.7. The number of H-pyrrole nitrogens is 1. The first kappa shape index (κ1) is 13.4. The molecule has 0 unspecified atom stereocenters. The topological polar surface area (TPSA) is 122 Å². The van der Waals surface area contributed by atoms with Crippen LogP contribution >= 0.6 is 0 Å². The molecule has 0 bridgehead atoms. The Hall–Kier alpha value is -2.07. The first-order chi connectivity index (χ1) is 8.82. The number of aromatic nitrogens is 2. The summed E-state index contributed by atoms with van der Waals surface area (Å²) in [6.45, 7) is 0. The van der Waals surface area contributed by atoms with Crippen LogP contribution in [0.5, 0.6) is 0 Å². The number of aromatic amines is 1. The molecule has 19 heavy (non-hydrogen) atoms. The Balaban J connectivity index is 2.44. The van der Waals surface area contributed by atoms with Gasteiger partial charge in [-0.2, -0.15) is 4.39 Å². The summed E-state index contributed by atoms with van der Waals surface area (Å²) < 4.78 is 31.7. The quantitative estimate of drug-likeness (QED) is 0.596. The normalized spacial score (nSPS) is 30.5. The van der Waals surface area contributed by atoms with Crippen LogP contribution < -0.4 is 11.2 Å². The zero-order valence-electron chi connectivity index (χ0n) is 9.12. The smallest absolute Gasteiger partial charge is 0.335 e. The number of nitrogens with zero attached hydrogens (tertiary/aromatic N) is 1. The van der Waals surface area contributed by atoms with Crippen molar-refractivity contribution < 1.29 is 28.5 Å². The number of hydrogen-bond acceptors (Lipinski definition) is 5. The molecule has 0 radical (unpaired) electrons. The van der Waals surface area contributed by atoms with Crippen molar-refractivity contribution in [1.29, 1.82) is 0 Å². The van der Waals surface area contributed by atoms with Crippen LogP contribution in [0.4, 0.5) is 8.78 Å². The molecule has 10 heteroatoms. The van der Waals surface area contributed by atoms with Crippen molar-refractivity contribution in [1.82, 2.24) is 9.55 Å². The molecule has 2 rings (SSSR count). The van der Waals surface area contributed by atoms with Crippen molar-refractivity contribution in [2.24, 2.45) is 0 Å². The number of alkyl halides is 1. The molecule has 3 N–H and O–H groups in total. The van der Waals surface area contributed by atoms with Gasteiger partial charge in [0.25, 0.3) is 5.56 Å². The van der Waals surface area contributed by atoms with E-state index in [0.717, 1.165) is 0 Å². The van der Waals surface area contributed by atoms with Gasteiger partial charge in [-0.15, -0.1) is 0 Å². The molecule has 1 aliphatic rings. The van der Waals surface area contributed by atoms with Crippen LogP contribution in [0.2, 0.25) is 0 Å². The van der Waals surface area contributed by atoms with Gasteiger partial charge in [-0.1, -0.05) is 0 Å². The zero-order chi connectivity index (χ0) is 14.3. The summed E-state index contributed by atoms with van der Waals surface area (Å²) in [5, 5.41) is 18.0. The maximum atomic E-state index is 13.7. The number of aliphatic carboxylic acids is 1. The van der Waals surface area contributed by atoms with Crippen molar-refractivity contribution >= 4 is 5.97 Å². The molecule has 0 aliphatic carbocycles. The average Bonchev–Trinajstić information content (AvgIpc) is 2.62. The molecule has 2 heterocycles. The molecule has 4 atom stereocenters. The minimum absolute atomic E-state index is 0.341. The first-order valence-corrected chi connectivity index (χ1v) is 5.04. The second-order valence-corrected chi connectivity index (χ2v) is 3.86. The monoisotopic (exact) mass is 278 g/mol. The highest BCUT2D eigenvalue weighted by Gasteiger charge is 2.49. The summed E-state index contributed by atoms with van der Waals surface area (Å²) in [5.41, 5.74) is -2.48. The predicted octanol–water partition coefficient (Wildman–Crippen LogP) is -1.64. The molecule has 1 aliphatic heterocycles. The van der Waals surface area contributed by atoms with Gasteiger partial charge in [-0.05, 0) is 0 Å². The fourth-order valence-corrected chi connectivity index (χ4v) is 1.71. The molecule has 1 aromatic rings. The Bertz CT molecular complexity index is 626.